The summed E-state index contributed by atoms with van der Waals surface area (Å²) in [6.45, 7) is 1.40. The Kier molecular flexibility index (Phi) is 7.92. The van der Waals surface area contributed by atoms with E-state index in [0.29, 0.717) is 28.3 Å². The zero-order valence-corrected chi connectivity index (χ0v) is 21.1. The quantitative estimate of drug-likeness (QED) is 0.276. The summed E-state index contributed by atoms with van der Waals surface area (Å²) >= 11 is 0.704. The molecule has 0 aliphatic rings. The molecule has 4 aromatic rings. The molecule has 194 valence electrons. The molecule has 0 radical (unpaired) electrons. The molecule has 38 heavy (non-hydrogen) atoms. The number of carbonyl (C=O) groups excluding carboxylic acids is 4. The van der Waals surface area contributed by atoms with Crippen molar-refractivity contribution < 1.29 is 23.9 Å². The summed E-state index contributed by atoms with van der Waals surface area (Å²) in [5.41, 5.74) is 12.5. The van der Waals surface area contributed by atoms with Crippen molar-refractivity contribution in [2.75, 3.05) is 23.8 Å². The van der Waals surface area contributed by atoms with E-state index in [-0.39, 0.29) is 22.9 Å². The van der Waals surface area contributed by atoms with Crippen LogP contribution in [0, 0.1) is 0 Å². The van der Waals surface area contributed by atoms with Crippen LogP contribution >= 0.6 is 11.5 Å². The van der Waals surface area contributed by atoms with Gasteiger partial charge in [-0.15, -0.1) is 0 Å². The van der Waals surface area contributed by atoms with Gasteiger partial charge in [0.2, 0.25) is 5.91 Å². The Hall–Kier alpha value is -4.84. The number of pyridine rings is 1. The van der Waals surface area contributed by atoms with E-state index in [0.717, 1.165) is 5.39 Å². The molecule has 0 saturated carbocycles. The van der Waals surface area contributed by atoms with Crippen molar-refractivity contribution in [1.29, 1.82) is 0 Å². The van der Waals surface area contributed by atoms with E-state index in [9.17, 15) is 19.2 Å². The number of nitrogens with zero attached hydrogens (tertiary/aromatic N) is 3. The van der Waals surface area contributed by atoms with Gasteiger partial charge in [-0.1, -0.05) is 30.3 Å². The topological polar surface area (TPSA) is 171 Å². The molecule has 2 aromatic carbocycles. The second-order valence-electron chi connectivity index (χ2n) is 8.03. The number of hydrogen-bond donors (Lipinski definition) is 3. The zero-order chi connectivity index (χ0) is 27.2. The van der Waals surface area contributed by atoms with Gasteiger partial charge in [-0.25, -0.2) is 0 Å². The first-order valence-electron chi connectivity index (χ1n) is 11.5. The van der Waals surface area contributed by atoms with E-state index in [1.165, 1.54) is 4.90 Å². The van der Waals surface area contributed by atoms with Crippen LogP contribution in [0.1, 0.15) is 38.7 Å². The highest BCUT2D eigenvalue weighted by atomic mass is 32.1. The third kappa shape index (κ3) is 5.44. The third-order valence-electron chi connectivity index (χ3n) is 5.57. The minimum atomic E-state index is -1.25. The van der Waals surface area contributed by atoms with Crippen LogP contribution in [-0.2, 0) is 14.3 Å². The van der Waals surface area contributed by atoms with Crippen LogP contribution in [0.4, 0.5) is 11.4 Å². The monoisotopic (exact) mass is 532 g/mol. The molecule has 11 nitrogen and oxygen atoms in total. The van der Waals surface area contributed by atoms with Gasteiger partial charge in [0.1, 0.15) is 17.5 Å². The lowest BCUT2D eigenvalue weighted by molar-refractivity contribution is -0.143. The van der Waals surface area contributed by atoms with Gasteiger partial charge in [0.15, 0.2) is 5.69 Å². The second kappa shape index (κ2) is 11.5. The number of esters is 1. The van der Waals surface area contributed by atoms with Crippen LogP contribution < -0.4 is 21.7 Å². The fraction of sp³-hybridized carbons (Fsp3) is 0.154. The number of nitrogens with one attached hydrogen (secondary N) is 1. The highest BCUT2D eigenvalue weighted by Gasteiger charge is 2.36. The lowest BCUT2D eigenvalue weighted by Crippen LogP contribution is -2.45. The van der Waals surface area contributed by atoms with Crippen molar-refractivity contribution in [2.24, 2.45) is 5.73 Å². The van der Waals surface area contributed by atoms with Gasteiger partial charge in [0.25, 0.3) is 11.8 Å². The number of anilines is 2. The Bertz CT molecular complexity index is 1510. The first-order chi connectivity index (χ1) is 18.3. The summed E-state index contributed by atoms with van der Waals surface area (Å²) in [5, 5.41) is 3.31. The van der Waals surface area contributed by atoms with Crippen molar-refractivity contribution in [3.8, 4) is 0 Å². The number of aromatic nitrogens is 2. The van der Waals surface area contributed by atoms with Gasteiger partial charge in [-0.3, -0.25) is 29.1 Å². The molecule has 5 N–H and O–H groups in total. The molecule has 0 aliphatic heterocycles. The van der Waals surface area contributed by atoms with E-state index in [4.69, 9.17) is 16.2 Å². The molecule has 2 heterocycles. The van der Waals surface area contributed by atoms with Crippen molar-refractivity contribution in [3.63, 3.8) is 0 Å². The fourth-order valence-electron chi connectivity index (χ4n) is 3.86. The van der Waals surface area contributed by atoms with Gasteiger partial charge in [0.05, 0.1) is 17.8 Å². The fourth-order valence-corrected chi connectivity index (χ4v) is 4.60. The molecular formula is C26H24N6O5S. The van der Waals surface area contributed by atoms with Gasteiger partial charge >= 0.3 is 5.97 Å². The van der Waals surface area contributed by atoms with Crippen molar-refractivity contribution in [2.45, 2.75) is 13.0 Å². The molecule has 3 amide bonds. The highest BCUT2D eigenvalue weighted by Crippen LogP contribution is 2.33. The highest BCUT2D eigenvalue weighted by molar-refractivity contribution is 7.09. The summed E-state index contributed by atoms with van der Waals surface area (Å²) in [7, 11) is 0. The SMILES string of the molecule is CCOC(=O)CNC(=O)C(c1ccc2ncccc2c1)N(C(=O)c1snc(C(N)=O)c1N)c1ccccc1. The molecular weight excluding hydrogens is 508 g/mol. The minimum Gasteiger partial charge on any atom is -0.465 e. The number of benzene rings is 2. The van der Waals surface area contributed by atoms with Crippen LogP contribution in [0.5, 0.6) is 0 Å². The molecule has 4 rings (SSSR count). The van der Waals surface area contributed by atoms with Crippen LogP contribution in [-0.4, -0.2) is 46.2 Å². The Morgan fingerprint density at radius 2 is 1.84 bits per heavy atom. The maximum absolute atomic E-state index is 14.0. The lowest BCUT2D eigenvalue weighted by atomic mass is 10.00. The number of rotatable bonds is 9. The smallest absolute Gasteiger partial charge is 0.325 e. The standard InChI is InChI=1S/C26H24N6O5S/c1-2-37-19(33)14-30-25(35)22(16-10-11-18-15(13-16)7-6-12-29-18)32(17-8-4-3-5-9-17)26(36)23-20(27)21(24(28)34)31-38-23/h3-13,22H,2,14,27H2,1H3,(H2,28,34)(H,30,35). The lowest BCUT2D eigenvalue weighted by Gasteiger charge is -2.31. The van der Waals surface area contributed by atoms with Crippen molar-refractivity contribution >= 4 is 57.5 Å². The molecule has 0 spiro atoms. The molecule has 2 aromatic heterocycles. The predicted molar refractivity (Wildman–Crippen MR) is 142 cm³/mol. The molecule has 1 atom stereocenters. The average Bonchev–Trinajstić information content (AvgIpc) is 3.32. The summed E-state index contributed by atoms with van der Waals surface area (Å²) in [6.07, 6.45) is 1.65. The minimum absolute atomic E-state index is 0.0618. The number of hydrogen-bond acceptors (Lipinski definition) is 9. The molecule has 0 saturated heterocycles. The number of primary amides is 1. The van der Waals surface area contributed by atoms with Gasteiger partial charge in [-0.05, 0) is 54.4 Å². The summed E-state index contributed by atoms with van der Waals surface area (Å²) in [5.74, 6) is -2.83. The van der Waals surface area contributed by atoms with Crippen molar-refractivity contribution in [1.82, 2.24) is 14.7 Å². The number of amides is 3. The second-order valence-corrected chi connectivity index (χ2v) is 8.80. The largest absolute Gasteiger partial charge is 0.465 e. The van der Waals surface area contributed by atoms with E-state index < -0.39 is 36.3 Å². The number of nitrogen functional groups attached to an aromatic ring is 1. The predicted octanol–water partition coefficient (Wildman–Crippen LogP) is 2.44. The first-order valence-corrected chi connectivity index (χ1v) is 12.3. The van der Waals surface area contributed by atoms with Crippen LogP contribution in [0.2, 0.25) is 0 Å². The molecule has 12 heteroatoms. The number of para-hydroxylation sites is 1. The molecule has 1 unspecified atom stereocenters. The van der Waals surface area contributed by atoms with E-state index in [1.54, 1.807) is 67.7 Å². The van der Waals surface area contributed by atoms with Gasteiger partial charge < -0.3 is 21.5 Å². The Morgan fingerprint density at radius 1 is 1.08 bits per heavy atom. The van der Waals surface area contributed by atoms with Crippen LogP contribution in [0.15, 0.2) is 66.9 Å². The zero-order valence-electron chi connectivity index (χ0n) is 20.3. The Labute approximate surface area is 221 Å². The summed E-state index contributed by atoms with van der Waals surface area (Å²) < 4.78 is 8.86. The normalized spacial score (nSPS) is 11.5. The Morgan fingerprint density at radius 3 is 2.53 bits per heavy atom. The summed E-state index contributed by atoms with van der Waals surface area (Å²) in [4.78, 5) is 56.9. The summed E-state index contributed by atoms with van der Waals surface area (Å²) in [6, 6.07) is 16.0. The van der Waals surface area contributed by atoms with Gasteiger partial charge in [0, 0.05) is 17.3 Å². The van der Waals surface area contributed by atoms with E-state index >= 15 is 0 Å². The molecule has 0 bridgehead atoms. The van der Waals surface area contributed by atoms with E-state index in [1.807, 2.05) is 6.07 Å². The van der Waals surface area contributed by atoms with Crippen molar-refractivity contribution in [3.05, 3.63) is 83.0 Å². The molecule has 0 aliphatic carbocycles. The van der Waals surface area contributed by atoms with Crippen LogP contribution in [0.3, 0.4) is 0 Å². The first kappa shape index (κ1) is 26.2. The Balaban J connectivity index is 1.86. The number of nitrogens with two attached hydrogens (primary N) is 2. The maximum Gasteiger partial charge on any atom is 0.325 e. The number of ether oxygens (including phenoxy) is 1. The van der Waals surface area contributed by atoms with E-state index in [2.05, 4.69) is 14.7 Å². The average molecular weight is 533 g/mol. The third-order valence-corrected chi connectivity index (χ3v) is 6.42. The molecule has 0 fully saturated rings. The van der Waals surface area contributed by atoms with Gasteiger partial charge in [-0.2, -0.15) is 4.37 Å². The number of fused-ring (bicyclic) bond motifs is 1. The maximum atomic E-state index is 14.0. The van der Waals surface area contributed by atoms with Crippen LogP contribution in [0.25, 0.3) is 10.9 Å². The number of carbonyl (C=O) groups is 4.